The Morgan fingerprint density at radius 1 is 1.19 bits per heavy atom. The minimum Gasteiger partial charge on any atom is -0.492 e. The molecule has 0 radical (unpaired) electrons. The molecule has 2 rings (SSSR count). The summed E-state index contributed by atoms with van der Waals surface area (Å²) >= 11 is 0. The predicted octanol–water partition coefficient (Wildman–Crippen LogP) is 3.43. The Morgan fingerprint density at radius 2 is 1.86 bits per heavy atom. The van der Waals surface area contributed by atoms with E-state index in [2.05, 4.69) is 5.32 Å². The van der Waals surface area contributed by atoms with Gasteiger partial charge in [-0.3, -0.25) is 0 Å². The van der Waals surface area contributed by atoms with Gasteiger partial charge >= 0.3 is 6.03 Å². The first-order valence-electron chi connectivity index (χ1n) is 7.95. The van der Waals surface area contributed by atoms with E-state index in [0.29, 0.717) is 19.2 Å². The number of nitrogens with one attached hydrogen (secondary N) is 1. The van der Waals surface area contributed by atoms with E-state index in [-0.39, 0.29) is 6.03 Å². The second-order valence-corrected chi connectivity index (χ2v) is 5.72. The van der Waals surface area contributed by atoms with Crippen molar-refractivity contribution in [2.24, 2.45) is 0 Å². The van der Waals surface area contributed by atoms with Crippen molar-refractivity contribution in [3.05, 3.63) is 30.3 Å². The predicted molar refractivity (Wildman–Crippen MR) is 84.6 cm³/mol. The van der Waals surface area contributed by atoms with E-state index in [0.717, 1.165) is 18.6 Å². The zero-order valence-corrected chi connectivity index (χ0v) is 12.9. The standard InChI is InChI=1S/C17H26N2O2/c1-19(13-14-21-16-11-7-4-8-12-16)17(20)18-15-9-5-2-3-6-10-15/h4,7-8,11-12,15H,2-3,5-6,9-10,13-14H2,1H3,(H,18,20). The highest BCUT2D eigenvalue weighted by atomic mass is 16.5. The molecule has 21 heavy (non-hydrogen) atoms. The minimum absolute atomic E-state index is 0.0126. The molecule has 0 aliphatic heterocycles. The number of ether oxygens (including phenoxy) is 1. The normalized spacial score (nSPS) is 16.0. The SMILES string of the molecule is CN(CCOc1ccccc1)C(=O)NC1CCCCCC1. The second kappa shape index (κ2) is 8.55. The lowest BCUT2D eigenvalue weighted by molar-refractivity contribution is 0.190. The van der Waals surface area contributed by atoms with Gasteiger partial charge in [0.15, 0.2) is 0 Å². The van der Waals surface area contributed by atoms with Crippen molar-refractivity contribution < 1.29 is 9.53 Å². The number of hydrogen-bond acceptors (Lipinski definition) is 2. The number of urea groups is 1. The van der Waals surface area contributed by atoms with Crippen LogP contribution in [0.5, 0.6) is 5.75 Å². The van der Waals surface area contributed by atoms with Gasteiger partial charge in [0.2, 0.25) is 0 Å². The molecule has 0 atom stereocenters. The van der Waals surface area contributed by atoms with Crippen molar-refractivity contribution in [1.29, 1.82) is 0 Å². The number of carbonyl (C=O) groups is 1. The lowest BCUT2D eigenvalue weighted by Crippen LogP contribution is -2.44. The summed E-state index contributed by atoms with van der Waals surface area (Å²) in [7, 11) is 1.82. The molecule has 1 saturated carbocycles. The Hall–Kier alpha value is -1.71. The number of hydrogen-bond donors (Lipinski definition) is 1. The molecule has 1 aliphatic rings. The van der Waals surface area contributed by atoms with Crippen LogP contribution in [0.15, 0.2) is 30.3 Å². The van der Waals surface area contributed by atoms with Gasteiger partial charge in [0, 0.05) is 13.1 Å². The lowest BCUT2D eigenvalue weighted by Gasteiger charge is -2.22. The van der Waals surface area contributed by atoms with Crippen LogP contribution in [-0.2, 0) is 0 Å². The topological polar surface area (TPSA) is 41.6 Å². The van der Waals surface area contributed by atoms with E-state index in [9.17, 15) is 4.79 Å². The Balaban J connectivity index is 1.67. The molecule has 1 aromatic rings. The average Bonchev–Trinajstić information content (AvgIpc) is 2.77. The first-order valence-corrected chi connectivity index (χ1v) is 7.95. The van der Waals surface area contributed by atoms with Crippen LogP contribution in [0.3, 0.4) is 0 Å². The summed E-state index contributed by atoms with van der Waals surface area (Å²) < 4.78 is 5.62. The minimum atomic E-state index is 0.0126. The number of carbonyl (C=O) groups excluding carboxylic acids is 1. The lowest BCUT2D eigenvalue weighted by atomic mass is 10.1. The number of amides is 2. The van der Waals surface area contributed by atoms with Crippen LogP contribution < -0.4 is 10.1 Å². The van der Waals surface area contributed by atoms with E-state index < -0.39 is 0 Å². The van der Waals surface area contributed by atoms with Gasteiger partial charge in [0.1, 0.15) is 12.4 Å². The van der Waals surface area contributed by atoms with Gasteiger partial charge in [-0.05, 0) is 25.0 Å². The van der Waals surface area contributed by atoms with Crippen LogP contribution in [0, 0.1) is 0 Å². The molecule has 1 N–H and O–H groups in total. The highest BCUT2D eigenvalue weighted by Gasteiger charge is 2.16. The summed E-state index contributed by atoms with van der Waals surface area (Å²) in [6, 6.07) is 10.0. The first kappa shape index (κ1) is 15.7. The molecule has 1 aromatic carbocycles. The van der Waals surface area contributed by atoms with Gasteiger partial charge in [-0.15, -0.1) is 0 Å². The maximum absolute atomic E-state index is 12.1. The van der Waals surface area contributed by atoms with Crippen LogP contribution in [0.4, 0.5) is 4.79 Å². The van der Waals surface area contributed by atoms with Crippen LogP contribution >= 0.6 is 0 Å². The molecule has 2 amide bonds. The van der Waals surface area contributed by atoms with Crippen molar-refractivity contribution >= 4 is 6.03 Å². The summed E-state index contributed by atoms with van der Waals surface area (Å²) in [5.41, 5.74) is 0. The van der Waals surface area contributed by atoms with Gasteiger partial charge in [0.25, 0.3) is 0 Å². The molecular weight excluding hydrogens is 264 g/mol. The van der Waals surface area contributed by atoms with Crippen LogP contribution in [-0.4, -0.2) is 37.2 Å². The number of para-hydroxylation sites is 1. The highest BCUT2D eigenvalue weighted by molar-refractivity contribution is 5.74. The number of benzene rings is 1. The molecule has 1 aliphatic carbocycles. The summed E-state index contributed by atoms with van der Waals surface area (Å²) in [5, 5.41) is 3.14. The Labute approximate surface area is 127 Å². The molecule has 0 saturated heterocycles. The fraction of sp³-hybridized carbons (Fsp3) is 0.588. The Morgan fingerprint density at radius 3 is 2.52 bits per heavy atom. The molecule has 0 heterocycles. The van der Waals surface area contributed by atoms with Gasteiger partial charge in [-0.1, -0.05) is 43.9 Å². The average molecular weight is 290 g/mol. The molecule has 0 aromatic heterocycles. The van der Waals surface area contributed by atoms with E-state index in [1.54, 1.807) is 4.90 Å². The van der Waals surface area contributed by atoms with E-state index >= 15 is 0 Å². The molecule has 0 spiro atoms. The molecule has 0 bridgehead atoms. The third-order valence-electron chi connectivity index (χ3n) is 3.97. The number of likely N-dealkylation sites (N-methyl/N-ethyl adjacent to an activating group) is 1. The molecule has 1 fully saturated rings. The van der Waals surface area contributed by atoms with E-state index in [1.807, 2.05) is 37.4 Å². The fourth-order valence-electron chi connectivity index (χ4n) is 2.63. The largest absolute Gasteiger partial charge is 0.492 e. The van der Waals surface area contributed by atoms with Crippen molar-refractivity contribution in [2.45, 2.75) is 44.6 Å². The molecule has 4 nitrogen and oxygen atoms in total. The Kier molecular flexibility index (Phi) is 6.38. The van der Waals surface area contributed by atoms with Gasteiger partial charge < -0.3 is 15.0 Å². The smallest absolute Gasteiger partial charge is 0.317 e. The molecule has 116 valence electrons. The van der Waals surface area contributed by atoms with Crippen molar-refractivity contribution in [1.82, 2.24) is 10.2 Å². The third kappa shape index (κ3) is 5.66. The highest BCUT2D eigenvalue weighted by Crippen LogP contribution is 2.17. The van der Waals surface area contributed by atoms with Crippen molar-refractivity contribution in [3.63, 3.8) is 0 Å². The van der Waals surface area contributed by atoms with Gasteiger partial charge in [-0.2, -0.15) is 0 Å². The van der Waals surface area contributed by atoms with Gasteiger partial charge in [0.05, 0.1) is 6.54 Å². The zero-order chi connectivity index (χ0) is 14.9. The maximum atomic E-state index is 12.1. The summed E-state index contributed by atoms with van der Waals surface area (Å²) in [6.45, 7) is 1.10. The van der Waals surface area contributed by atoms with Crippen molar-refractivity contribution in [3.8, 4) is 5.75 Å². The van der Waals surface area contributed by atoms with Crippen LogP contribution in [0.2, 0.25) is 0 Å². The molecule has 4 heteroatoms. The second-order valence-electron chi connectivity index (χ2n) is 5.72. The number of nitrogens with zero attached hydrogens (tertiary/aromatic N) is 1. The van der Waals surface area contributed by atoms with E-state index in [1.165, 1.54) is 25.7 Å². The fourth-order valence-corrected chi connectivity index (χ4v) is 2.63. The number of rotatable bonds is 5. The Bertz CT molecular complexity index is 414. The summed E-state index contributed by atoms with van der Waals surface area (Å²) in [4.78, 5) is 13.8. The van der Waals surface area contributed by atoms with Crippen LogP contribution in [0.25, 0.3) is 0 Å². The summed E-state index contributed by atoms with van der Waals surface area (Å²) in [6.07, 6.45) is 7.28. The third-order valence-corrected chi connectivity index (χ3v) is 3.97. The zero-order valence-electron chi connectivity index (χ0n) is 12.9. The first-order chi connectivity index (χ1) is 10.3. The van der Waals surface area contributed by atoms with Crippen LogP contribution in [0.1, 0.15) is 38.5 Å². The molecule has 0 unspecified atom stereocenters. The summed E-state index contributed by atoms with van der Waals surface area (Å²) in [5.74, 6) is 0.843. The maximum Gasteiger partial charge on any atom is 0.317 e. The van der Waals surface area contributed by atoms with Gasteiger partial charge in [-0.25, -0.2) is 4.79 Å². The quantitative estimate of drug-likeness (QED) is 0.844. The van der Waals surface area contributed by atoms with E-state index in [4.69, 9.17) is 4.74 Å². The monoisotopic (exact) mass is 290 g/mol. The molecular formula is C17H26N2O2. The van der Waals surface area contributed by atoms with Crippen molar-refractivity contribution in [2.75, 3.05) is 20.2 Å².